The molecule has 0 aromatic carbocycles. The standard InChI is InChI=1S/C19H31N4O5P/c1-5-11-21-13-20-17-16(21)18(24)22(19(25)23(17)15-8-9-15)14(4)10-12-28-29(26,7-3)27-6-2/h13-15H,5-12H2,1-4H3. The lowest BCUT2D eigenvalue weighted by Crippen LogP contribution is -2.42. The molecule has 0 spiro atoms. The molecule has 0 radical (unpaired) electrons. The van der Waals surface area contributed by atoms with E-state index in [0.717, 1.165) is 19.3 Å². The van der Waals surface area contributed by atoms with E-state index >= 15 is 0 Å². The van der Waals surface area contributed by atoms with Gasteiger partial charge in [-0.15, -0.1) is 0 Å². The highest BCUT2D eigenvalue weighted by Gasteiger charge is 2.31. The van der Waals surface area contributed by atoms with Gasteiger partial charge in [0.1, 0.15) is 0 Å². The van der Waals surface area contributed by atoms with Crippen LogP contribution in [0, 0.1) is 0 Å². The van der Waals surface area contributed by atoms with Crippen molar-refractivity contribution in [1.82, 2.24) is 18.7 Å². The summed E-state index contributed by atoms with van der Waals surface area (Å²) >= 11 is 0. The summed E-state index contributed by atoms with van der Waals surface area (Å²) in [6.45, 7) is 8.49. The number of imidazole rings is 1. The van der Waals surface area contributed by atoms with Crippen LogP contribution in [-0.4, -0.2) is 38.1 Å². The minimum absolute atomic E-state index is 0.100. The quantitative estimate of drug-likeness (QED) is 0.511. The van der Waals surface area contributed by atoms with Gasteiger partial charge < -0.3 is 13.6 Å². The summed E-state index contributed by atoms with van der Waals surface area (Å²) in [5, 5.41) is 0. The van der Waals surface area contributed by atoms with Gasteiger partial charge in [0.15, 0.2) is 11.2 Å². The van der Waals surface area contributed by atoms with E-state index in [1.807, 2.05) is 18.4 Å². The molecule has 2 unspecified atom stereocenters. The van der Waals surface area contributed by atoms with Crippen LogP contribution in [0.3, 0.4) is 0 Å². The van der Waals surface area contributed by atoms with Crippen molar-refractivity contribution in [3.63, 3.8) is 0 Å². The lowest BCUT2D eigenvalue weighted by molar-refractivity contribution is 0.201. The van der Waals surface area contributed by atoms with Crippen molar-refractivity contribution in [3.05, 3.63) is 27.2 Å². The van der Waals surface area contributed by atoms with Gasteiger partial charge in [-0.2, -0.15) is 0 Å². The van der Waals surface area contributed by atoms with Crippen LogP contribution < -0.4 is 11.2 Å². The van der Waals surface area contributed by atoms with Gasteiger partial charge in [0, 0.05) is 24.8 Å². The monoisotopic (exact) mass is 426 g/mol. The zero-order valence-electron chi connectivity index (χ0n) is 17.7. The maximum atomic E-state index is 13.2. The molecule has 10 heteroatoms. The summed E-state index contributed by atoms with van der Waals surface area (Å²) in [6.07, 6.45) is 5.00. The molecule has 2 atom stereocenters. The number of rotatable bonds is 11. The van der Waals surface area contributed by atoms with Gasteiger partial charge in [-0.3, -0.25) is 18.5 Å². The molecule has 2 heterocycles. The van der Waals surface area contributed by atoms with E-state index in [-0.39, 0.29) is 30.1 Å². The van der Waals surface area contributed by atoms with Crippen LogP contribution in [-0.2, 0) is 20.2 Å². The summed E-state index contributed by atoms with van der Waals surface area (Å²) in [5.41, 5.74) is 0.286. The molecule has 0 aliphatic heterocycles. The zero-order chi connectivity index (χ0) is 21.2. The van der Waals surface area contributed by atoms with E-state index in [2.05, 4.69) is 4.98 Å². The second-order valence-electron chi connectivity index (χ2n) is 7.48. The minimum Gasteiger partial charge on any atom is -0.325 e. The van der Waals surface area contributed by atoms with Crippen LogP contribution in [0.1, 0.15) is 65.5 Å². The van der Waals surface area contributed by atoms with Gasteiger partial charge >= 0.3 is 13.3 Å². The molecule has 1 fully saturated rings. The van der Waals surface area contributed by atoms with E-state index in [0.29, 0.717) is 30.7 Å². The lowest BCUT2D eigenvalue weighted by Gasteiger charge is -2.20. The highest BCUT2D eigenvalue weighted by molar-refractivity contribution is 7.53. The van der Waals surface area contributed by atoms with Gasteiger partial charge in [0.25, 0.3) is 5.56 Å². The zero-order valence-corrected chi connectivity index (χ0v) is 18.6. The van der Waals surface area contributed by atoms with Crippen LogP contribution in [0.25, 0.3) is 11.2 Å². The molecule has 3 rings (SSSR count). The Kier molecular flexibility index (Phi) is 6.81. The van der Waals surface area contributed by atoms with Gasteiger partial charge in [0.2, 0.25) is 0 Å². The molecule has 1 aliphatic rings. The van der Waals surface area contributed by atoms with E-state index in [9.17, 15) is 14.2 Å². The van der Waals surface area contributed by atoms with Gasteiger partial charge in [-0.1, -0.05) is 13.8 Å². The maximum Gasteiger partial charge on any atom is 0.333 e. The van der Waals surface area contributed by atoms with Crippen molar-refractivity contribution >= 4 is 18.8 Å². The van der Waals surface area contributed by atoms with Gasteiger partial charge in [-0.05, 0) is 39.5 Å². The molecule has 0 bridgehead atoms. The molecule has 1 saturated carbocycles. The van der Waals surface area contributed by atoms with Crippen molar-refractivity contribution < 1.29 is 13.6 Å². The maximum absolute atomic E-state index is 13.2. The largest absolute Gasteiger partial charge is 0.333 e. The predicted molar refractivity (Wildman–Crippen MR) is 112 cm³/mol. The van der Waals surface area contributed by atoms with Crippen molar-refractivity contribution in [2.75, 3.05) is 19.4 Å². The average molecular weight is 426 g/mol. The van der Waals surface area contributed by atoms with E-state index in [4.69, 9.17) is 9.05 Å². The van der Waals surface area contributed by atoms with Crippen molar-refractivity contribution in [1.29, 1.82) is 0 Å². The molecule has 0 N–H and O–H groups in total. The van der Waals surface area contributed by atoms with E-state index in [1.54, 1.807) is 24.7 Å². The smallest absolute Gasteiger partial charge is 0.325 e. The Hall–Kier alpha value is -1.70. The number of aryl methyl sites for hydroxylation is 1. The summed E-state index contributed by atoms with van der Waals surface area (Å²) in [6, 6.07) is -0.301. The molecule has 2 aromatic rings. The fraction of sp³-hybridized carbons (Fsp3) is 0.737. The van der Waals surface area contributed by atoms with Gasteiger partial charge in [-0.25, -0.2) is 9.78 Å². The number of nitrogens with zero attached hydrogens (tertiary/aromatic N) is 4. The average Bonchev–Trinajstić information content (AvgIpc) is 3.42. The molecule has 29 heavy (non-hydrogen) atoms. The third-order valence-electron chi connectivity index (χ3n) is 5.23. The topological polar surface area (TPSA) is 97.4 Å². The normalized spacial score (nSPS) is 17.5. The first-order chi connectivity index (χ1) is 13.9. The molecule has 162 valence electrons. The Bertz CT molecular complexity index is 1020. The Morgan fingerprint density at radius 1 is 1.24 bits per heavy atom. The van der Waals surface area contributed by atoms with Crippen LogP contribution in [0.4, 0.5) is 0 Å². The molecule has 1 aliphatic carbocycles. The van der Waals surface area contributed by atoms with Crippen LogP contribution in [0.2, 0.25) is 0 Å². The first-order valence-electron chi connectivity index (χ1n) is 10.5. The number of fused-ring (bicyclic) bond motifs is 1. The highest BCUT2D eigenvalue weighted by Crippen LogP contribution is 2.47. The van der Waals surface area contributed by atoms with E-state index in [1.165, 1.54) is 4.57 Å². The Labute approximate surface area is 170 Å². The summed E-state index contributed by atoms with van der Waals surface area (Å²) < 4.78 is 28.0. The van der Waals surface area contributed by atoms with Crippen LogP contribution in [0.5, 0.6) is 0 Å². The Morgan fingerprint density at radius 2 is 1.97 bits per heavy atom. The van der Waals surface area contributed by atoms with Crippen LogP contribution in [0.15, 0.2) is 15.9 Å². The van der Waals surface area contributed by atoms with Crippen molar-refractivity contribution in [2.45, 2.75) is 72.0 Å². The van der Waals surface area contributed by atoms with Gasteiger partial charge in [0.05, 0.1) is 19.5 Å². The first kappa shape index (κ1) is 22.0. The van der Waals surface area contributed by atoms with Crippen LogP contribution >= 0.6 is 7.60 Å². The Morgan fingerprint density at radius 3 is 2.55 bits per heavy atom. The van der Waals surface area contributed by atoms with Crippen molar-refractivity contribution in [3.8, 4) is 0 Å². The third kappa shape index (κ3) is 4.42. The second-order valence-corrected chi connectivity index (χ2v) is 9.86. The second kappa shape index (κ2) is 8.98. The molecule has 0 amide bonds. The fourth-order valence-electron chi connectivity index (χ4n) is 3.54. The predicted octanol–water partition coefficient (Wildman–Crippen LogP) is 3.32. The molecule has 9 nitrogen and oxygen atoms in total. The third-order valence-corrected chi connectivity index (χ3v) is 7.24. The number of hydrogen-bond donors (Lipinski definition) is 0. The molecular weight excluding hydrogens is 395 g/mol. The summed E-state index contributed by atoms with van der Waals surface area (Å²) in [4.78, 5) is 30.8. The SMILES string of the molecule is CCCn1cnc2c1c(=O)n(C(C)CCOP(=O)(CC)OCC)c(=O)n2C1CC1. The first-order valence-corrected chi connectivity index (χ1v) is 12.2. The minimum atomic E-state index is -3.12. The number of aromatic nitrogens is 4. The Balaban J connectivity index is 1.94. The fourth-order valence-corrected chi connectivity index (χ4v) is 4.76. The lowest BCUT2D eigenvalue weighted by atomic mass is 10.2. The molecule has 0 saturated heterocycles. The molecule has 2 aromatic heterocycles. The summed E-state index contributed by atoms with van der Waals surface area (Å²) in [7, 11) is -3.12. The van der Waals surface area contributed by atoms with Crippen molar-refractivity contribution in [2.24, 2.45) is 0 Å². The highest BCUT2D eigenvalue weighted by atomic mass is 31.2. The van der Waals surface area contributed by atoms with E-state index < -0.39 is 13.6 Å². The number of hydrogen-bond acceptors (Lipinski definition) is 6. The summed E-state index contributed by atoms with van der Waals surface area (Å²) in [5.74, 6) is 0. The molecular formula is C19H31N4O5P.